The van der Waals surface area contributed by atoms with E-state index < -0.39 is 0 Å². The molecule has 0 aliphatic carbocycles. The second-order valence-electron chi connectivity index (χ2n) is 7.08. The van der Waals surface area contributed by atoms with Crippen LogP contribution in [-0.4, -0.2) is 45.6 Å². The van der Waals surface area contributed by atoms with Crippen molar-refractivity contribution < 1.29 is 4.39 Å². The number of nitrogens with zero attached hydrogens (tertiary/aromatic N) is 5. The zero-order valence-electron chi connectivity index (χ0n) is 15.8. The second kappa shape index (κ2) is 8.71. The summed E-state index contributed by atoms with van der Waals surface area (Å²) < 4.78 is 14.5. The summed E-state index contributed by atoms with van der Waals surface area (Å²) in [4.78, 5) is 25.3. The molecule has 0 radical (unpaired) electrons. The van der Waals surface area contributed by atoms with Gasteiger partial charge in [0.1, 0.15) is 12.1 Å². The van der Waals surface area contributed by atoms with E-state index in [1.807, 2.05) is 29.2 Å². The number of halogens is 2. The minimum Gasteiger partial charge on any atom is -0.338 e. The van der Waals surface area contributed by atoms with Crippen molar-refractivity contribution in [2.24, 2.45) is 0 Å². The third-order valence-electron chi connectivity index (χ3n) is 4.99. The van der Waals surface area contributed by atoms with Crippen LogP contribution in [0.1, 0.15) is 11.1 Å². The maximum Gasteiger partial charge on any atom is 0.352 e. The van der Waals surface area contributed by atoms with Crippen LogP contribution in [0, 0.1) is 5.82 Å². The number of piperazine rings is 1. The summed E-state index contributed by atoms with van der Waals surface area (Å²) in [6.45, 7) is 4.31. The van der Waals surface area contributed by atoms with Crippen LogP contribution in [0.25, 0.3) is 0 Å². The van der Waals surface area contributed by atoms with Gasteiger partial charge in [-0.25, -0.2) is 14.2 Å². The van der Waals surface area contributed by atoms with Crippen molar-refractivity contribution in [3.63, 3.8) is 0 Å². The lowest BCUT2D eigenvalue weighted by atomic mass is 10.2. The van der Waals surface area contributed by atoms with Crippen LogP contribution in [0.4, 0.5) is 10.3 Å². The Bertz CT molecular complexity index is 1010. The van der Waals surface area contributed by atoms with E-state index in [9.17, 15) is 9.18 Å². The fraction of sp³-hybridized carbons (Fsp3) is 0.286. The Morgan fingerprint density at radius 3 is 2.17 bits per heavy atom. The molecule has 150 valence electrons. The van der Waals surface area contributed by atoms with E-state index in [4.69, 9.17) is 11.6 Å². The fourth-order valence-corrected chi connectivity index (χ4v) is 3.48. The molecule has 0 N–H and O–H groups in total. The van der Waals surface area contributed by atoms with E-state index in [2.05, 4.69) is 14.9 Å². The number of hydrogen-bond acceptors (Lipinski definition) is 5. The van der Waals surface area contributed by atoms with E-state index in [-0.39, 0.29) is 11.5 Å². The van der Waals surface area contributed by atoms with Crippen LogP contribution in [0.2, 0.25) is 5.02 Å². The molecule has 0 unspecified atom stereocenters. The van der Waals surface area contributed by atoms with E-state index in [0.717, 1.165) is 43.9 Å². The summed E-state index contributed by atoms with van der Waals surface area (Å²) >= 11 is 5.90. The molecule has 1 saturated heterocycles. The first kappa shape index (κ1) is 19.5. The largest absolute Gasteiger partial charge is 0.352 e. The van der Waals surface area contributed by atoms with Gasteiger partial charge in [0.15, 0.2) is 0 Å². The van der Waals surface area contributed by atoms with Crippen LogP contribution in [-0.2, 0) is 13.1 Å². The summed E-state index contributed by atoms with van der Waals surface area (Å²) in [6, 6.07) is 13.9. The monoisotopic (exact) mass is 413 g/mol. The molecular formula is C21H21ClFN5O. The highest BCUT2D eigenvalue weighted by Crippen LogP contribution is 2.13. The summed E-state index contributed by atoms with van der Waals surface area (Å²) in [5.74, 6) is 0.241. The Morgan fingerprint density at radius 2 is 1.52 bits per heavy atom. The first-order valence-corrected chi connectivity index (χ1v) is 9.84. The quantitative estimate of drug-likeness (QED) is 0.643. The third kappa shape index (κ3) is 4.99. The van der Waals surface area contributed by atoms with Crippen molar-refractivity contribution >= 4 is 17.5 Å². The molecular weight excluding hydrogens is 393 g/mol. The summed E-state index contributed by atoms with van der Waals surface area (Å²) in [5.41, 5.74) is 1.72. The predicted molar refractivity (Wildman–Crippen MR) is 111 cm³/mol. The Hall–Kier alpha value is -2.77. The van der Waals surface area contributed by atoms with Gasteiger partial charge in [0.25, 0.3) is 0 Å². The predicted octanol–water partition coefficient (Wildman–Crippen LogP) is 2.80. The van der Waals surface area contributed by atoms with Crippen molar-refractivity contribution in [1.82, 2.24) is 19.4 Å². The van der Waals surface area contributed by atoms with Gasteiger partial charge in [-0.15, -0.1) is 0 Å². The van der Waals surface area contributed by atoms with Crippen molar-refractivity contribution in [2.45, 2.75) is 13.1 Å². The minimum atomic E-state index is -0.321. The molecule has 2 aromatic carbocycles. The van der Waals surface area contributed by atoms with Gasteiger partial charge in [0, 0.05) is 37.7 Å². The van der Waals surface area contributed by atoms with Gasteiger partial charge in [0.2, 0.25) is 5.95 Å². The maximum atomic E-state index is 13.0. The van der Waals surface area contributed by atoms with Crippen LogP contribution in [0.3, 0.4) is 0 Å². The van der Waals surface area contributed by atoms with Crippen molar-refractivity contribution in [2.75, 3.05) is 31.1 Å². The number of benzene rings is 2. The fourth-order valence-electron chi connectivity index (χ4n) is 3.35. The van der Waals surface area contributed by atoms with Gasteiger partial charge in [-0.2, -0.15) is 4.98 Å². The number of hydrogen-bond donors (Lipinski definition) is 0. The molecule has 8 heteroatoms. The zero-order chi connectivity index (χ0) is 20.2. The number of aromatic nitrogens is 3. The normalized spacial score (nSPS) is 14.9. The van der Waals surface area contributed by atoms with Crippen LogP contribution >= 0.6 is 11.6 Å². The van der Waals surface area contributed by atoms with Gasteiger partial charge in [0.05, 0.1) is 6.54 Å². The first-order valence-electron chi connectivity index (χ1n) is 9.46. The van der Waals surface area contributed by atoms with E-state index in [1.165, 1.54) is 16.7 Å². The molecule has 0 atom stereocenters. The molecule has 0 bridgehead atoms. The molecule has 0 amide bonds. The average Bonchev–Trinajstić information content (AvgIpc) is 2.73. The SMILES string of the molecule is O=c1nc(N2CCN(Cc3ccc(F)cc3)CC2)ncn1Cc1ccc(Cl)cc1. The lowest BCUT2D eigenvalue weighted by Gasteiger charge is -2.34. The van der Waals surface area contributed by atoms with Gasteiger partial charge in [-0.05, 0) is 35.4 Å². The van der Waals surface area contributed by atoms with Crippen molar-refractivity contribution in [3.05, 3.63) is 87.3 Å². The third-order valence-corrected chi connectivity index (χ3v) is 5.25. The van der Waals surface area contributed by atoms with E-state index in [0.29, 0.717) is 17.5 Å². The zero-order valence-corrected chi connectivity index (χ0v) is 16.6. The highest BCUT2D eigenvalue weighted by Gasteiger charge is 2.19. The van der Waals surface area contributed by atoms with Crippen LogP contribution in [0.5, 0.6) is 0 Å². The standard InChI is InChI=1S/C21H21ClFN5O/c22-18-5-1-17(2-6-18)14-28-15-24-20(25-21(28)29)27-11-9-26(10-12-27)13-16-3-7-19(23)8-4-16/h1-8,15H,9-14H2. The highest BCUT2D eigenvalue weighted by molar-refractivity contribution is 6.30. The lowest BCUT2D eigenvalue weighted by molar-refractivity contribution is 0.248. The van der Waals surface area contributed by atoms with Gasteiger partial charge < -0.3 is 4.90 Å². The molecule has 1 aliphatic rings. The number of rotatable bonds is 5. The van der Waals surface area contributed by atoms with E-state index in [1.54, 1.807) is 18.5 Å². The molecule has 29 heavy (non-hydrogen) atoms. The minimum absolute atomic E-state index is 0.221. The molecule has 6 nitrogen and oxygen atoms in total. The Balaban J connectivity index is 1.36. The lowest BCUT2D eigenvalue weighted by Crippen LogP contribution is -2.47. The first-order chi connectivity index (χ1) is 14.1. The Labute approximate surface area is 173 Å². The summed E-state index contributed by atoms with van der Waals surface area (Å²) in [6.07, 6.45) is 1.55. The molecule has 1 fully saturated rings. The van der Waals surface area contributed by atoms with Gasteiger partial charge in [-0.1, -0.05) is 35.9 Å². The molecule has 1 aliphatic heterocycles. The number of anilines is 1. The molecule has 1 aromatic heterocycles. The Kier molecular flexibility index (Phi) is 5.87. The molecule has 2 heterocycles. The van der Waals surface area contributed by atoms with Crippen LogP contribution < -0.4 is 10.6 Å². The average molecular weight is 414 g/mol. The maximum absolute atomic E-state index is 13.0. The van der Waals surface area contributed by atoms with Crippen molar-refractivity contribution in [3.8, 4) is 0 Å². The molecule has 3 aromatic rings. The van der Waals surface area contributed by atoms with E-state index >= 15 is 0 Å². The van der Waals surface area contributed by atoms with Gasteiger partial charge >= 0.3 is 5.69 Å². The van der Waals surface area contributed by atoms with Crippen molar-refractivity contribution in [1.29, 1.82) is 0 Å². The molecule has 4 rings (SSSR count). The van der Waals surface area contributed by atoms with Gasteiger partial charge in [-0.3, -0.25) is 9.47 Å². The second-order valence-corrected chi connectivity index (χ2v) is 7.52. The summed E-state index contributed by atoms with van der Waals surface area (Å²) in [5, 5.41) is 0.659. The van der Waals surface area contributed by atoms with Crippen LogP contribution in [0.15, 0.2) is 59.7 Å². The molecule has 0 spiro atoms. The Morgan fingerprint density at radius 1 is 0.897 bits per heavy atom. The highest BCUT2D eigenvalue weighted by atomic mass is 35.5. The molecule has 0 saturated carbocycles. The summed E-state index contributed by atoms with van der Waals surface area (Å²) in [7, 11) is 0. The smallest absolute Gasteiger partial charge is 0.338 e. The topological polar surface area (TPSA) is 54.3 Å².